The molecule has 0 aliphatic carbocycles. The summed E-state index contributed by atoms with van der Waals surface area (Å²) in [5.41, 5.74) is 7.55. The molecule has 0 bridgehead atoms. The van der Waals surface area contributed by atoms with E-state index in [9.17, 15) is 4.79 Å². The van der Waals surface area contributed by atoms with Crippen molar-refractivity contribution >= 4 is 23.2 Å². The number of nitrogens with zero attached hydrogens (tertiary/aromatic N) is 1. The summed E-state index contributed by atoms with van der Waals surface area (Å²) in [7, 11) is 0. The second-order valence-electron chi connectivity index (χ2n) is 4.10. The molecule has 0 spiro atoms. The van der Waals surface area contributed by atoms with Crippen LogP contribution in [0.4, 0.5) is 5.69 Å². The highest BCUT2D eigenvalue weighted by Gasteiger charge is 2.10. The van der Waals surface area contributed by atoms with Crippen molar-refractivity contribution in [3.05, 3.63) is 28.8 Å². The monoisotopic (exact) mass is 269 g/mol. The van der Waals surface area contributed by atoms with E-state index in [1.165, 1.54) is 0 Å². The second-order valence-corrected chi connectivity index (χ2v) is 4.54. The molecular formula is C13H20ClN3O. The first-order valence-corrected chi connectivity index (χ1v) is 6.47. The molecule has 0 saturated carbocycles. The number of rotatable bonds is 6. The summed E-state index contributed by atoms with van der Waals surface area (Å²) < 4.78 is 0. The Morgan fingerprint density at radius 2 is 2.17 bits per heavy atom. The molecule has 5 heteroatoms. The van der Waals surface area contributed by atoms with Crippen LogP contribution in [0.5, 0.6) is 0 Å². The lowest BCUT2D eigenvalue weighted by Crippen LogP contribution is -2.36. The minimum Gasteiger partial charge on any atom is -0.398 e. The molecule has 3 N–H and O–H groups in total. The lowest BCUT2D eigenvalue weighted by atomic mass is 10.1. The van der Waals surface area contributed by atoms with Gasteiger partial charge in [-0.05, 0) is 37.2 Å². The third-order valence-corrected chi connectivity index (χ3v) is 2.92. The maximum Gasteiger partial charge on any atom is 0.234 e. The number of nitrogen functional groups attached to an aromatic ring is 1. The Morgan fingerprint density at radius 3 is 2.78 bits per heavy atom. The minimum atomic E-state index is 0.0277. The van der Waals surface area contributed by atoms with Crippen LogP contribution in [0.1, 0.15) is 19.4 Å². The fraction of sp³-hybridized carbons (Fsp3) is 0.462. The molecule has 1 aromatic rings. The molecule has 0 aromatic heterocycles. The number of amides is 1. The zero-order chi connectivity index (χ0) is 13.5. The largest absolute Gasteiger partial charge is 0.398 e. The molecule has 100 valence electrons. The van der Waals surface area contributed by atoms with E-state index in [1.807, 2.05) is 24.8 Å². The summed E-state index contributed by atoms with van der Waals surface area (Å²) in [4.78, 5) is 13.6. The minimum absolute atomic E-state index is 0.0277. The zero-order valence-electron chi connectivity index (χ0n) is 10.9. The number of carbonyl (C=O) groups excluding carboxylic acids is 1. The molecule has 0 aliphatic rings. The van der Waals surface area contributed by atoms with Crippen molar-refractivity contribution in [2.45, 2.75) is 20.4 Å². The Kier molecular flexibility index (Phi) is 5.95. The number of carbonyl (C=O) groups is 1. The Hall–Kier alpha value is -1.26. The molecule has 1 amide bonds. The number of hydrogen-bond donors (Lipinski definition) is 2. The van der Waals surface area contributed by atoms with Gasteiger partial charge in [0.2, 0.25) is 5.91 Å². The highest BCUT2D eigenvalue weighted by molar-refractivity contribution is 6.30. The van der Waals surface area contributed by atoms with Gasteiger partial charge in [0.05, 0.1) is 6.54 Å². The van der Waals surface area contributed by atoms with Gasteiger partial charge in [-0.3, -0.25) is 9.69 Å². The first-order valence-electron chi connectivity index (χ1n) is 6.09. The van der Waals surface area contributed by atoms with Gasteiger partial charge in [-0.15, -0.1) is 0 Å². The van der Waals surface area contributed by atoms with E-state index >= 15 is 0 Å². The van der Waals surface area contributed by atoms with Gasteiger partial charge in [-0.2, -0.15) is 0 Å². The van der Waals surface area contributed by atoms with Crippen LogP contribution in [-0.4, -0.2) is 30.4 Å². The summed E-state index contributed by atoms with van der Waals surface area (Å²) in [5, 5.41) is 3.44. The van der Waals surface area contributed by atoms with Gasteiger partial charge in [0.25, 0.3) is 0 Å². The molecule has 0 unspecified atom stereocenters. The van der Waals surface area contributed by atoms with E-state index in [2.05, 4.69) is 5.32 Å². The molecule has 4 nitrogen and oxygen atoms in total. The Balaban J connectivity index is 2.67. The van der Waals surface area contributed by atoms with E-state index in [-0.39, 0.29) is 5.91 Å². The van der Waals surface area contributed by atoms with Crippen molar-refractivity contribution < 1.29 is 4.79 Å². The van der Waals surface area contributed by atoms with E-state index in [0.717, 1.165) is 12.1 Å². The van der Waals surface area contributed by atoms with E-state index in [0.29, 0.717) is 30.3 Å². The second kappa shape index (κ2) is 7.24. The standard InChI is InChI=1S/C13H20ClN3O/c1-3-16-13(18)9-17(4-2)8-10-7-11(14)5-6-12(10)15/h5-7H,3-4,8-9,15H2,1-2H3,(H,16,18). The third kappa shape index (κ3) is 4.55. The molecule has 0 atom stereocenters. The van der Waals surface area contributed by atoms with Crippen LogP contribution in [0.3, 0.4) is 0 Å². The van der Waals surface area contributed by atoms with Gasteiger partial charge in [0.1, 0.15) is 0 Å². The summed E-state index contributed by atoms with van der Waals surface area (Å²) in [5.74, 6) is 0.0277. The predicted octanol–water partition coefficient (Wildman–Crippen LogP) is 1.88. The number of likely N-dealkylation sites (N-methyl/N-ethyl adjacent to an activating group) is 2. The SMILES string of the molecule is CCNC(=O)CN(CC)Cc1cc(Cl)ccc1N. The van der Waals surface area contributed by atoms with E-state index < -0.39 is 0 Å². The zero-order valence-corrected chi connectivity index (χ0v) is 11.6. The first kappa shape index (κ1) is 14.8. The van der Waals surface area contributed by atoms with Crippen molar-refractivity contribution in [1.29, 1.82) is 0 Å². The fourth-order valence-electron chi connectivity index (χ4n) is 1.69. The molecule has 0 heterocycles. The van der Waals surface area contributed by atoms with Crippen LogP contribution >= 0.6 is 11.6 Å². The van der Waals surface area contributed by atoms with Crippen LogP contribution in [0.15, 0.2) is 18.2 Å². The van der Waals surface area contributed by atoms with Gasteiger partial charge >= 0.3 is 0 Å². The third-order valence-electron chi connectivity index (χ3n) is 2.69. The van der Waals surface area contributed by atoms with Crippen LogP contribution in [0.2, 0.25) is 5.02 Å². The Morgan fingerprint density at radius 1 is 1.44 bits per heavy atom. The summed E-state index contributed by atoms with van der Waals surface area (Å²) in [6, 6.07) is 5.40. The summed E-state index contributed by atoms with van der Waals surface area (Å²) in [6.45, 7) is 6.35. The molecule has 1 rings (SSSR count). The number of nitrogens with two attached hydrogens (primary N) is 1. The molecule has 1 aromatic carbocycles. The summed E-state index contributed by atoms with van der Waals surface area (Å²) >= 11 is 5.95. The average molecular weight is 270 g/mol. The van der Waals surface area contributed by atoms with Gasteiger partial charge in [-0.25, -0.2) is 0 Å². The van der Waals surface area contributed by atoms with Crippen molar-refractivity contribution in [2.24, 2.45) is 0 Å². The maximum atomic E-state index is 11.5. The number of halogens is 1. The van der Waals surface area contributed by atoms with Crippen molar-refractivity contribution in [3.8, 4) is 0 Å². The number of hydrogen-bond acceptors (Lipinski definition) is 3. The quantitative estimate of drug-likeness (QED) is 0.776. The lowest BCUT2D eigenvalue weighted by molar-refractivity contribution is -0.122. The first-order chi connectivity index (χ1) is 8.56. The van der Waals surface area contributed by atoms with Crippen molar-refractivity contribution in [3.63, 3.8) is 0 Å². The van der Waals surface area contributed by atoms with E-state index in [1.54, 1.807) is 12.1 Å². The normalized spacial score (nSPS) is 10.7. The fourth-order valence-corrected chi connectivity index (χ4v) is 1.88. The molecule has 0 aliphatic heterocycles. The number of benzene rings is 1. The number of nitrogens with one attached hydrogen (secondary N) is 1. The van der Waals surface area contributed by atoms with Crippen LogP contribution in [0, 0.1) is 0 Å². The highest BCUT2D eigenvalue weighted by Crippen LogP contribution is 2.19. The van der Waals surface area contributed by atoms with Gasteiger partial charge in [0.15, 0.2) is 0 Å². The summed E-state index contributed by atoms with van der Waals surface area (Å²) in [6.07, 6.45) is 0. The molecule has 0 fully saturated rings. The van der Waals surface area contributed by atoms with Crippen molar-refractivity contribution in [2.75, 3.05) is 25.4 Å². The molecule has 0 radical (unpaired) electrons. The predicted molar refractivity (Wildman–Crippen MR) is 75.5 cm³/mol. The highest BCUT2D eigenvalue weighted by atomic mass is 35.5. The average Bonchev–Trinajstić information content (AvgIpc) is 2.33. The Labute approximate surface area is 113 Å². The molecule has 0 saturated heterocycles. The van der Waals surface area contributed by atoms with Gasteiger partial charge in [0, 0.05) is 23.8 Å². The maximum absolute atomic E-state index is 11.5. The van der Waals surface area contributed by atoms with Gasteiger partial charge in [-0.1, -0.05) is 18.5 Å². The molecule has 18 heavy (non-hydrogen) atoms. The molecular weight excluding hydrogens is 250 g/mol. The van der Waals surface area contributed by atoms with Crippen LogP contribution in [-0.2, 0) is 11.3 Å². The lowest BCUT2D eigenvalue weighted by Gasteiger charge is -2.20. The number of anilines is 1. The van der Waals surface area contributed by atoms with Crippen molar-refractivity contribution in [1.82, 2.24) is 10.2 Å². The topological polar surface area (TPSA) is 58.4 Å². The van der Waals surface area contributed by atoms with Gasteiger partial charge < -0.3 is 11.1 Å². The Bertz CT molecular complexity index is 409. The van der Waals surface area contributed by atoms with Crippen LogP contribution in [0.25, 0.3) is 0 Å². The van der Waals surface area contributed by atoms with Crippen LogP contribution < -0.4 is 11.1 Å². The van der Waals surface area contributed by atoms with E-state index in [4.69, 9.17) is 17.3 Å². The smallest absolute Gasteiger partial charge is 0.234 e.